The first kappa shape index (κ1) is 17.6. The van der Waals surface area contributed by atoms with Crippen molar-refractivity contribution in [3.8, 4) is 0 Å². The van der Waals surface area contributed by atoms with Crippen LogP contribution in [-0.2, 0) is 11.0 Å². The van der Waals surface area contributed by atoms with Crippen LogP contribution in [0.3, 0.4) is 0 Å². The van der Waals surface area contributed by atoms with Gasteiger partial charge in [-0.15, -0.1) is 0 Å². The molecule has 1 amide bonds. The molecule has 142 valence electrons. The molecule has 4 heterocycles. The average molecular weight is 377 g/mol. The van der Waals surface area contributed by atoms with E-state index >= 15 is 0 Å². The normalized spacial score (nSPS) is 19.6. The monoisotopic (exact) mass is 377 g/mol. The maximum atomic E-state index is 12.8. The molecule has 0 aromatic carbocycles. The smallest absolute Gasteiger partial charge is 0.347 e. The maximum Gasteiger partial charge on any atom is 0.417 e. The number of anilines is 3. The third-order valence-corrected chi connectivity index (χ3v) is 5.00. The van der Waals surface area contributed by atoms with Crippen molar-refractivity contribution in [2.45, 2.75) is 19.1 Å². The van der Waals surface area contributed by atoms with Crippen LogP contribution >= 0.6 is 0 Å². The summed E-state index contributed by atoms with van der Waals surface area (Å²) in [4.78, 5) is 26.1. The predicted molar refractivity (Wildman–Crippen MR) is 93.9 cm³/mol. The number of pyridine rings is 2. The lowest BCUT2D eigenvalue weighted by Crippen LogP contribution is -2.60. The van der Waals surface area contributed by atoms with E-state index in [2.05, 4.69) is 14.9 Å². The molecule has 1 fully saturated rings. The summed E-state index contributed by atoms with van der Waals surface area (Å²) in [5.41, 5.74) is 0.0222. The van der Waals surface area contributed by atoms with Gasteiger partial charge in [0, 0.05) is 45.5 Å². The molecule has 1 atom stereocenters. The van der Waals surface area contributed by atoms with Gasteiger partial charge in [0.1, 0.15) is 5.82 Å². The van der Waals surface area contributed by atoms with Gasteiger partial charge < -0.3 is 14.7 Å². The van der Waals surface area contributed by atoms with Gasteiger partial charge in [-0.05, 0) is 24.3 Å². The highest BCUT2D eigenvalue weighted by Gasteiger charge is 2.37. The second-order valence-corrected chi connectivity index (χ2v) is 6.67. The van der Waals surface area contributed by atoms with Crippen LogP contribution in [0.5, 0.6) is 0 Å². The molecule has 0 aliphatic carbocycles. The van der Waals surface area contributed by atoms with Crippen molar-refractivity contribution < 1.29 is 18.0 Å². The first-order valence-electron chi connectivity index (χ1n) is 8.62. The minimum atomic E-state index is -4.42. The summed E-state index contributed by atoms with van der Waals surface area (Å²) < 4.78 is 38.5. The van der Waals surface area contributed by atoms with Crippen LogP contribution in [0.2, 0.25) is 0 Å². The molecule has 0 unspecified atom stereocenters. The molecule has 1 saturated heterocycles. The van der Waals surface area contributed by atoms with Crippen LogP contribution in [0.25, 0.3) is 0 Å². The molecule has 0 radical (unpaired) electrons. The van der Waals surface area contributed by atoms with Gasteiger partial charge in [-0.1, -0.05) is 0 Å². The Morgan fingerprint density at radius 2 is 1.96 bits per heavy atom. The van der Waals surface area contributed by atoms with Gasteiger partial charge >= 0.3 is 6.18 Å². The number of piperazine rings is 1. The van der Waals surface area contributed by atoms with E-state index in [0.717, 1.165) is 23.8 Å². The van der Waals surface area contributed by atoms with Gasteiger partial charge in [-0.3, -0.25) is 4.79 Å². The summed E-state index contributed by atoms with van der Waals surface area (Å²) in [6.45, 7) is 3.89. The Hall–Kier alpha value is -2.84. The number of halogens is 3. The summed E-state index contributed by atoms with van der Waals surface area (Å²) in [6.07, 6.45) is -1.88. The standard InChI is InChI=1S/C18H18F3N5O/c1-12(27)24-7-8-25-14(10-24)11-26(15-3-2-6-22-17(15)25)16-5-4-13(9-23-16)18(19,20)21/h2-6,9,14H,7-8,10-11H2,1H3/t14-/m1/s1. The van der Waals surface area contributed by atoms with E-state index < -0.39 is 11.7 Å². The number of carbonyl (C=O) groups excluding carboxylic acids is 1. The van der Waals surface area contributed by atoms with Gasteiger partial charge in [-0.2, -0.15) is 13.2 Å². The molecule has 2 aliphatic heterocycles. The second-order valence-electron chi connectivity index (χ2n) is 6.67. The van der Waals surface area contributed by atoms with Crippen molar-refractivity contribution in [1.29, 1.82) is 0 Å². The number of hydrogen-bond acceptors (Lipinski definition) is 5. The fourth-order valence-electron chi connectivity index (χ4n) is 3.64. The predicted octanol–water partition coefficient (Wildman–Crippen LogP) is 2.68. The molecule has 0 bridgehead atoms. The van der Waals surface area contributed by atoms with Crippen LogP contribution in [0.1, 0.15) is 12.5 Å². The highest BCUT2D eigenvalue weighted by Crippen LogP contribution is 2.39. The van der Waals surface area contributed by atoms with Crippen molar-refractivity contribution in [2.75, 3.05) is 36.0 Å². The summed E-state index contributed by atoms with van der Waals surface area (Å²) in [7, 11) is 0. The van der Waals surface area contributed by atoms with E-state index in [4.69, 9.17) is 0 Å². The van der Waals surface area contributed by atoms with Crippen molar-refractivity contribution in [1.82, 2.24) is 14.9 Å². The molecule has 0 spiro atoms. The second kappa shape index (κ2) is 6.40. The van der Waals surface area contributed by atoms with Crippen molar-refractivity contribution in [3.63, 3.8) is 0 Å². The minimum absolute atomic E-state index is 0.00542. The molecule has 4 rings (SSSR count). The topological polar surface area (TPSA) is 52.6 Å². The number of fused-ring (bicyclic) bond motifs is 3. The van der Waals surface area contributed by atoms with Gasteiger partial charge in [0.05, 0.1) is 17.3 Å². The van der Waals surface area contributed by atoms with Crippen LogP contribution in [-0.4, -0.2) is 53.0 Å². The van der Waals surface area contributed by atoms with E-state index in [1.165, 1.54) is 6.07 Å². The highest BCUT2D eigenvalue weighted by atomic mass is 19.4. The fraction of sp³-hybridized carbons (Fsp3) is 0.389. The number of carbonyl (C=O) groups is 1. The number of amides is 1. The van der Waals surface area contributed by atoms with E-state index in [9.17, 15) is 18.0 Å². The summed E-state index contributed by atoms with van der Waals surface area (Å²) in [5.74, 6) is 1.20. The van der Waals surface area contributed by atoms with Gasteiger partial charge in [0.25, 0.3) is 0 Å². The molecule has 27 heavy (non-hydrogen) atoms. The Kier molecular flexibility index (Phi) is 4.16. The first-order chi connectivity index (χ1) is 12.8. The van der Waals surface area contributed by atoms with E-state index in [1.54, 1.807) is 24.1 Å². The van der Waals surface area contributed by atoms with Crippen LogP contribution in [0, 0.1) is 0 Å². The Morgan fingerprint density at radius 1 is 1.15 bits per heavy atom. The minimum Gasteiger partial charge on any atom is -0.347 e. The third-order valence-electron chi connectivity index (χ3n) is 5.00. The Bertz CT molecular complexity index is 855. The van der Waals surface area contributed by atoms with Crippen LogP contribution < -0.4 is 9.80 Å². The van der Waals surface area contributed by atoms with Crippen LogP contribution in [0.15, 0.2) is 36.7 Å². The van der Waals surface area contributed by atoms with E-state index in [-0.39, 0.29) is 11.9 Å². The molecular weight excluding hydrogens is 359 g/mol. The molecule has 2 aromatic rings. The summed E-state index contributed by atoms with van der Waals surface area (Å²) in [6, 6.07) is 6.08. The van der Waals surface area contributed by atoms with Gasteiger partial charge in [0.15, 0.2) is 5.82 Å². The number of alkyl halides is 3. The maximum absolute atomic E-state index is 12.8. The van der Waals surface area contributed by atoms with Crippen molar-refractivity contribution >= 4 is 23.2 Å². The lowest BCUT2D eigenvalue weighted by molar-refractivity contribution is -0.137. The molecular formula is C18H18F3N5O. The zero-order chi connectivity index (χ0) is 19.2. The number of aromatic nitrogens is 2. The van der Waals surface area contributed by atoms with E-state index in [0.29, 0.717) is 32.0 Å². The first-order valence-corrected chi connectivity index (χ1v) is 8.62. The van der Waals surface area contributed by atoms with Crippen molar-refractivity contribution in [3.05, 3.63) is 42.2 Å². The van der Waals surface area contributed by atoms with E-state index in [1.807, 2.05) is 11.0 Å². The van der Waals surface area contributed by atoms with Gasteiger partial charge in [-0.25, -0.2) is 9.97 Å². The number of hydrogen-bond donors (Lipinski definition) is 0. The number of nitrogens with zero attached hydrogens (tertiary/aromatic N) is 5. The molecule has 6 nitrogen and oxygen atoms in total. The van der Waals surface area contributed by atoms with Gasteiger partial charge in [0.2, 0.25) is 5.91 Å². The largest absolute Gasteiger partial charge is 0.417 e. The molecule has 0 N–H and O–H groups in total. The Balaban J connectivity index is 1.69. The highest BCUT2D eigenvalue weighted by molar-refractivity contribution is 5.78. The quantitative estimate of drug-likeness (QED) is 0.765. The molecule has 9 heteroatoms. The van der Waals surface area contributed by atoms with Crippen molar-refractivity contribution in [2.24, 2.45) is 0 Å². The SMILES string of the molecule is CC(=O)N1CCN2c3ncccc3N(c3ccc(C(F)(F)F)cn3)C[C@H]2C1. The Labute approximate surface area is 154 Å². The lowest BCUT2D eigenvalue weighted by Gasteiger charge is -2.48. The molecule has 2 aliphatic rings. The average Bonchev–Trinajstić information content (AvgIpc) is 2.66. The third kappa shape index (κ3) is 3.17. The molecule has 0 saturated carbocycles. The summed E-state index contributed by atoms with van der Waals surface area (Å²) >= 11 is 0. The lowest BCUT2D eigenvalue weighted by atomic mass is 10.1. The Morgan fingerprint density at radius 3 is 2.63 bits per heavy atom. The van der Waals surface area contributed by atoms with Crippen LogP contribution in [0.4, 0.5) is 30.5 Å². The zero-order valence-electron chi connectivity index (χ0n) is 14.6. The molecule has 2 aromatic heterocycles. The number of rotatable bonds is 1. The fourth-order valence-corrected chi connectivity index (χ4v) is 3.64. The zero-order valence-corrected chi connectivity index (χ0v) is 14.6. The summed E-state index contributed by atoms with van der Waals surface area (Å²) in [5, 5.41) is 0.